The summed E-state index contributed by atoms with van der Waals surface area (Å²) in [7, 11) is 1.72. The molecule has 0 saturated heterocycles. The minimum atomic E-state index is -0.0973. The first-order valence-electron chi connectivity index (χ1n) is 5.89. The Hall–Kier alpha value is -2.00. The highest BCUT2D eigenvalue weighted by molar-refractivity contribution is 6.31. The van der Waals surface area contributed by atoms with Gasteiger partial charge in [0.2, 0.25) is 0 Å². The number of amides is 1. The molecule has 0 aliphatic heterocycles. The van der Waals surface area contributed by atoms with Gasteiger partial charge in [0.25, 0.3) is 5.91 Å². The summed E-state index contributed by atoms with van der Waals surface area (Å²) in [5.74, 6) is -0.0973. The molecule has 0 spiro atoms. The number of halogens is 1. The van der Waals surface area contributed by atoms with Gasteiger partial charge in [-0.3, -0.25) is 4.79 Å². The second-order valence-electron chi connectivity index (χ2n) is 4.42. The van der Waals surface area contributed by atoms with E-state index in [-0.39, 0.29) is 5.91 Å². The number of aryl methyl sites for hydroxylation is 1. The lowest BCUT2D eigenvalue weighted by molar-refractivity contribution is 0.0993. The van der Waals surface area contributed by atoms with Gasteiger partial charge in [-0.05, 0) is 48.9 Å². The molecule has 0 aliphatic carbocycles. The van der Waals surface area contributed by atoms with Gasteiger partial charge in [-0.2, -0.15) is 0 Å². The van der Waals surface area contributed by atoms with E-state index in [0.717, 1.165) is 11.3 Å². The molecule has 0 heterocycles. The molecule has 0 fully saturated rings. The number of carbonyl (C=O) groups excluding carboxylic acids is 1. The van der Waals surface area contributed by atoms with Crippen LogP contribution in [0.25, 0.3) is 0 Å². The first-order chi connectivity index (χ1) is 8.99. The predicted molar refractivity (Wildman–Crippen MR) is 79.8 cm³/mol. The third-order valence-electron chi connectivity index (χ3n) is 3.00. The fraction of sp³-hybridized carbons (Fsp3) is 0.133. The number of carbonyl (C=O) groups is 1. The third-order valence-corrected chi connectivity index (χ3v) is 3.41. The maximum absolute atomic E-state index is 12.3. The summed E-state index contributed by atoms with van der Waals surface area (Å²) >= 11 is 6.07. The van der Waals surface area contributed by atoms with Gasteiger partial charge in [-0.25, -0.2) is 0 Å². The van der Waals surface area contributed by atoms with Crippen LogP contribution in [0.2, 0.25) is 5.02 Å². The number of nitrogens with zero attached hydrogens (tertiary/aromatic N) is 1. The normalized spacial score (nSPS) is 10.3. The molecule has 2 aromatic carbocycles. The van der Waals surface area contributed by atoms with Crippen LogP contribution >= 0.6 is 11.6 Å². The monoisotopic (exact) mass is 274 g/mol. The maximum Gasteiger partial charge on any atom is 0.258 e. The maximum atomic E-state index is 12.3. The zero-order valence-electron chi connectivity index (χ0n) is 10.9. The van der Waals surface area contributed by atoms with Crippen molar-refractivity contribution in [1.29, 1.82) is 0 Å². The van der Waals surface area contributed by atoms with Gasteiger partial charge < -0.3 is 10.6 Å². The summed E-state index contributed by atoms with van der Waals surface area (Å²) in [5.41, 5.74) is 8.58. The number of hydrogen-bond acceptors (Lipinski definition) is 2. The topological polar surface area (TPSA) is 46.3 Å². The van der Waals surface area contributed by atoms with Crippen molar-refractivity contribution in [3.63, 3.8) is 0 Å². The highest BCUT2D eigenvalue weighted by Gasteiger charge is 2.13. The molecule has 1 amide bonds. The highest BCUT2D eigenvalue weighted by Crippen LogP contribution is 2.23. The molecule has 0 saturated carbocycles. The summed E-state index contributed by atoms with van der Waals surface area (Å²) < 4.78 is 0. The lowest BCUT2D eigenvalue weighted by Crippen LogP contribution is -2.26. The van der Waals surface area contributed by atoms with Crippen LogP contribution in [0.4, 0.5) is 11.4 Å². The van der Waals surface area contributed by atoms with Gasteiger partial charge in [0.05, 0.1) is 0 Å². The van der Waals surface area contributed by atoms with Crippen LogP contribution in [-0.4, -0.2) is 13.0 Å². The quantitative estimate of drug-likeness (QED) is 0.852. The van der Waals surface area contributed by atoms with E-state index in [1.54, 1.807) is 42.3 Å². The number of hydrogen-bond donors (Lipinski definition) is 1. The third kappa shape index (κ3) is 2.88. The Morgan fingerprint density at radius 1 is 1.16 bits per heavy atom. The Labute approximate surface area is 117 Å². The van der Waals surface area contributed by atoms with E-state index < -0.39 is 0 Å². The molecule has 2 N–H and O–H groups in total. The average molecular weight is 275 g/mol. The van der Waals surface area contributed by atoms with Crippen LogP contribution in [0.3, 0.4) is 0 Å². The molecule has 0 aliphatic rings. The summed E-state index contributed by atoms with van der Waals surface area (Å²) in [6, 6.07) is 12.4. The number of benzene rings is 2. The van der Waals surface area contributed by atoms with E-state index in [0.29, 0.717) is 16.3 Å². The molecule has 2 aromatic rings. The van der Waals surface area contributed by atoms with Crippen LogP contribution in [0.15, 0.2) is 42.5 Å². The van der Waals surface area contributed by atoms with Crippen molar-refractivity contribution in [3.05, 3.63) is 58.6 Å². The number of nitrogen functional groups attached to an aromatic ring is 1. The fourth-order valence-electron chi connectivity index (χ4n) is 1.73. The first kappa shape index (κ1) is 13.4. The van der Waals surface area contributed by atoms with Crippen molar-refractivity contribution < 1.29 is 4.79 Å². The Morgan fingerprint density at radius 3 is 2.37 bits per heavy atom. The first-order valence-corrected chi connectivity index (χ1v) is 6.26. The molecular weight excluding hydrogens is 260 g/mol. The predicted octanol–water partition coefficient (Wildman–Crippen LogP) is 3.51. The zero-order chi connectivity index (χ0) is 14.0. The second-order valence-corrected chi connectivity index (χ2v) is 4.83. The minimum absolute atomic E-state index is 0.0973. The SMILES string of the molecule is Cc1ccc(N(C)C(=O)c2ccc(N)cc2)cc1Cl. The van der Waals surface area contributed by atoms with Gasteiger partial charge in [-0.1, -0.05) is 17.7 Å². The lowest BCUT2D eigenvalue weighted by Gasteiger charge is -2.18. The molecule has 98 valence electrons. The molecule has 0 unspecified atom stereocenters. The molecule has 3 nitrogen and oxygen atoms in total. The molecule has 4 heteroatoms. The molecule has 19 heavy (non-hydrogen) atoms. The Bertz CT molecular complexity index is 608. The van der Waals surface area contributed by atoms with Crippen molar-refractivity contribution in [1.82, 2.24) is 0 Å². The van der Waals surface area contributed by atoms with Crippen molar-refractivity contribution in [2.75, 3.05) is 17.7 Å². The van der Waals surface area contributed by atoms with Crippen LogP contribution in [-0.2, 0) is 0 Å². The smallest absolute Gasteiger partial charge is 0.258 e. The van der Waals surface area contributed by atoms with Crippen molar-refractivity contribution in [3.8, 4) is 0 Å². The number of anilines is 2. The molecule has 0 aromatic heterocycles. The Morgan fingerprint density at radius 2 is 1.79 bits per heavy atom. The molecule has 2 rings (SSSR count). The molecular formula is C15H15ClN2O. The average Bonchev–Trinajstić information content (AvgIpc) is 2.41. The summed E-state index contributed by atoms with van der Waals surface area (Å²) in [6.07, 6.45) is 0. The van der Waals surface area contributed by atoms with Gasteiger partial charge in [0.1, 0.15) is 0 Å². The van der Waals surface area contributed by atoms with Crippen molar-refractivity contribution in [2.24, 2.45) is 0 Å². The summed E-state index contributed by atoms with van der Waals surface area (Å²) in [6.45, 7) is 1.92. The lowest BCUT2D eigenvalue weighted by atomic mass is 10.1. The minimum Gasteiger partial charge on any atom is -0.399 e. The van der Waals surface area contributed by atoms with E-state index in [1.807, 2.05) is 19.1 Å². The number of nitrogens with two attached hydrogens (primary N) is 1. The standard InChI is InChI=1S/C15H15ClN2O/c1-10-3-8-13(9-14(10)16)18(2)15(19)11-4-6-12(17)7-5-11/h3-9H,17H2,1-2H3. The van der Waals surface area contributed by atoms with Gasteiger partial charge in [0.15, 0.2) is 0 Å². The van der Waals surface area contributed by atoms with Crippen LogP contribution in [0, 0.1) is 6.92 Å². The fourth-order valence-corrected chi connectivity index (χ4v) is 1.90. The van der Waals surface area contributed by atoms with Gasteiger partial charge >= 0.3 is 0 Å². The van der Waals surface area contributed by atoms with E-state index in [2.05, 4.69) is 0 Å². The van der Waals surface area contributed by atoms with E-state index in [1.165, 1.54) is 0 Å². The zero-order valence-corrected chi connectivity index (χ0v) is 11.6. The van der Waals surface area contributed by atoms with E-state index in [9.17, 15) is 4.79 Å². The van der Waals surface area contributed by atoms with Gasteiger partial charge in [-0.15, -0.1) is 0 Å². The number of rotatable bonds is 2. The molecule has 0 radical (unpaired) electrons. The van der Waals surface area contributed by atoms with Crippen LogP contribution in [0.1, 0.15) is 15.9 Å². The highest BCUT2D eigenvalue weighted by atomic mass is 35.5. The largest absolute Gasteiger partial charge is 0.399 e. The molecule has 0 atom stereocenters. The van der Waals surface area contributed by atoms with Crippen molar-refractivity contribution in [2.45, 2.75) is 6.92 Å². The van der Waals surface area contributed by atoms with Crippen LogP contribution in [0.5, 0.6) is 0 Å². The summed E-state index contributed by atoms with van der Waals surface area (Å²) in [4.78, 5) is 13.9. The van der Waals surface area contributed by atoms with E-state index >= 15 is 0 Å². The Balaban J connectivity index is 2.28. The Kier molecular flexibility index (Phi) is 3.76. The second kappa shape index (κ2) is 5.33. The molecule has 0 bridgehead atoms. The summed E-state index contributed by atoms with van der Waals surface area (Å²) in [5, 5.41) is 0.648. The van der Waals surface area contributed by atoms with Gasteiger partial charge in [0, 0.05) is 29.0 Å². The van der Waals surface area contributed by atoms with Crippen molar-refractivity contribution >= 4 is 28.9 Å². The van der Waals surface area contributed by atoms with E-state index in [4.69, 9.17) is 17.3 Å². The van der Waals surface area contributed by atoms with Crippen LogP contribution < -0.4 is 10.6 Å².